The molecule has 0 spiro atoms. The molecule has 0 radical (unpaired) electrons. The number of carbonyl (C=O) groups is 1. The van der Waals surface area contributed by atoms with E-state index in [0.717, 1.165) is 19.3 Å². The van der Waals surface area contributed by atoms with Crippen molar-refractivity contribution in [3.8, 4) is 11.3 Å². The first-order valence-corrected chi connectivity index (χ1v) is 12.0. The monoisotopic (exact) mass is 442 g/mol. The molecule has 8 nitrogen and oxygen atoms in total. The van der Waals surface area contributed by atoms with Gasteiger partial charge in [-0.3, -0.25) is 4.79 Å². The van der Waals surface area contributed by atoms with Crippen molar-refractivity contribution in [3.05, 3.63) is 42.2 Å². The number of nitrogens with zero attached hydrogens (tertiary/aromatic N) is 3. The molecule has 1 aliphatic rings. The number of nitrogens with one attached hydrogen (secondary N) is 1. The van der Waals surface area contributed by atoms with Crippen LogP contribution in [0.2, 0.25) is 0 Å². The molecule has 164 valence electrons. The standard InChI is InChI=1S/C22H26N4O4S/c1-14(2)31(29,30)17-8-6-15(7-9-17)19-12-24-21-20(25-19)18(11-23-21)22(28)26-10-4-3-5-16(26)13-27/h6-9,11-12,14,16,27H,3-5,10,13H2,1-2H3,(H,23,24). The van der Waals surface area contributed by atoms with Gasteiger partial charge >= 0.3 is 0 Å². The maximum atomic E-state index is 13.2. The van der Waals surface area contributed by atoms with Crippen LogP contribution in [0.15, 0.2) is 41.6 Å². The number of carbonyl (C=O) groups excluding carboxylic acids is 1. The van der Waals surface area contributed by atoms with Gasteiger partial charge in [0.25, 0.3) is 5.91 Å². The van der Waals surface area contributed by atoms with Crippen molar-refractivity contribution in [1.82, 2.24) is 19.9 Å². The van der Waals surface area contributed by atoms with E-state index in [0.29, 0.717) is 34.5 Å². The highest BCUT2D eigenvalue weighted by Gasteiger charge is 2.29. The molecule has 1 fully saturated rings. The molecule has 31 heavy (non-hydrogen) atoms. The lowest BCUT2D eigenvalue weighted by Gasteiger charge is -2.34. The fourth-order valence-corrected chi connectivity index (χ4v) is 4.95. The molecular weight excluding hydrogens is 416 g/mol. The van der Waals surface area contributed by atoms with Crippen molar-refractivity contribution >= 4 is 26.9 Å². The first kappa shape index (κ1) is 21.5. The summed E-state index contributed by atoms with van der Waals surface area (Å²) in [6.45, 7) is 3.85. The zero-order valence-corrected chi connectivity index (χ0v) is 18.4. The van der Waals surface area contributed by atoms with E-state index < -0.39 is 15.1 Å². The molecule has 1 unspecified atom stereocenters. The topological polar surface area (TPSA) is 116 Å². The van der Waals surface area contributed by atoms with E-state index in [2.05, 4.69) is 15.0 Å². The van der Waals surface area contributed by atoms with Crippen LogP contribution in [0, 0.1) is 0 Å². The second-order valence-electron chi connectivity index (χ2n) is 8.10. The Bertz CT molecular complexity index is 1200. The molecule has 1 aliphatic heterocycles. The van der Waals surface area contributed by atoms with Crippen molar-refractivity contribution in [2.45, 2.75) is 49.3 Å². The molecule has 1 atom stereocenters. The largest absolute Gasteiger partial charge is 0.394 e. The summed E-state index contributed by atoms with van der Waals surface area (Å²) in [4.78, 5) is 27.2. The molecule has 1 amide bonds. The lowest BCUT2D eigenvalue weighted by Crippen LogP contribution is -2.45. The second kappa shape index (κ2) is 8.39. The minimum Gasteiger partial charge on any atom is -0.394 e. The van der Waals surface area contributed by atoms with Gasteiger partial charge in [-0.15, -0.1) is 0 Å². The predicted molar refractivity (Wildman–Crippen MR) is 117 cm³/mol. The zero-order chi connectivity index (χ0) is 22.2. The van der Waals surface area contributed by atoms with Gasteiger partial charge in [0, 0.05) is 18.3 Å². The molecular formula is C22H26N4O4S. The van der Waals surface area contributed by atoms with Crippen molar-refractivity contribution < 1.29 is 18.3 Å². The number of aliphatic hydroxyl groups excluding tert-OH is 1. The fourth-order valence-electron chi connectivity index (χ4n) is 3.89. The first-order chi connectivity index (χ1) is 14.8. The Morgan fingerprint density at radius 3 is 2.68 bits per heavy atom. The summed E-state index contributed by atoms with van der Waals surface area (Å²) in [5, 5.41) is 9.16. The van der Waals surface area contributed by atoms with E-state index in [1.54, 1.807) is 55.4 Å². The number of likely N-dealkylation sites (tertiary alicyclic amines) is 1. The fraction of sp³-hybridized carbons (Fsp3) is 0.409. The smallest absolute Gasteiger partial charge is 0.258 e. The number of hydrogen-bond acceptors (Lipinski definition) is 6. The van der Waals surface area contributed by atoms with E-state index in [9.17, 15) is 18.3 Å². The number of aromatic amines is 1. The van der Waals surface area contributed by atoms with Crippen LogP contribution in [0.5, 0.6) is 0 Å². The number of amides is 1. The van der Waals surface area contributed by atoms with E-state index >= 15 is 0 Å². The van der Waals surface area contributed by atoms with Gasteiger partial charge in [0.15, 0.2) is 15.5 Å². The van der Waals surface area contributed by atoms with E-state index in [1.807, 2.05) is 0 Å². The van der Waals surface area contributed by atoms with E-state index in [4.69, 9.17) is 0 Å². The average molecular weight is 443 g/mol. The van der Waals surface area contributed by atoms with E-state index in [1.165, 1.54) is 0 Å². The molecule has 2 aromatic heterocycles. The average Bonchev–Trinajstić information content (AvgIpc) is 3.21. The van der Waals surface area contributed by atoms with Gasteiger partial charge in [-0.25, -0.2) is 18.4 Å². The highest BCUT2D eigenvalue weighted by atomic mass is 32.2. The quantitative estimate of drug-likeness (QED) is 0.628. The summed E-state index contributed by atoms with van der Waals surface area (Å²) in [6, 6.07) is 6.36. The van der Waals surface area contributed by atoms with Crippen LogP contribution in [0.25, 0.3) is 22.4 Å². The SMILES string of the molecule is CC(C)S(=O)(=O)c1ccc(-c2cnc3[nH]cc(C(=O)N4CCCCC4CO)c3n2)cc1. The number of benzene rings is 1. The summed E-state index contributed by atoms with van der Waals surface area (Å²) in [6.07, 6.45) is 5.89. The van der Waals surface area contributed by atoms with Gasteiger partial charge in [-0.2, -0.15) is 0 Å². The molecule has 1 aromatic carbocycles. The minimum absolute atomic E-state index is 0.0589. The van der Waals surface area contributed by atoms with Gasteiger partial charge in [0.05, 0.1) is 40.2 Å². The summed E-state index contributed by atoms with van der Waals surface area (Å²) < 4.78 is 24.7. The number of rotatable bonds is 5. The normalized spacial score (nSPS) is 17.4. The van der Waals surface area contributed by atoms with Crippen molar-refractivity contribution in [2.75, 3.05) is 13.2 Å². The predicted octanol–water partition coefficient (Wildman–Crippen LogP) is 2.79. The Morgan fingerprint density at radius 2 is 2.00 bits per heavy atom. The molecule has 4 rings (SSSR count). The summed E-state index contributed by atoms with van der Waals surface area (Å²) >= 11 is 0. The molecule has 0 bridgehead atoms. The van der Waals surface area contributed by atoms with Crippen molar-refractivity contribution in [1.29, 1.82) is 0 Å². The number of sulfone groups is 1. The Morgan fingerprint density at radius 1 is 1.26 bits per heavy atom. The molecule has 0 saturated carbocycles. The van der Waals surface area contributed by atoms with Crippen LogP contribution in [0.3, 0.4) is 0 Å². The summed E-state index contributed by atoms with van der Waals surface area (Å²) in [7, 11) is -3.35. The maximum absolute atomic E-state index is 13.2. The Kier molecular flexibility index (Phi) is 5.81. The number of H-pyrrole nitrogens is 1. The lowest BCUT2D eigenvalue weighted by molar-refractivity contribution is 0.0505. The molecule has 1 saturated heterocycles. The molecule has 3 aromatic rings. The summed E-state index contributed by atoms with van der Waals surface area (Å²) in [5.74, 6) is -0.171. The number of hydrogen-bond donors (Lipinski definition) is 2. The van der Waals surface area contributed by atoms with Gasteiger partial charge in [0.1, 0.15) is 5.52 Å². The highest BCUT2D eigenvalue weighted by Crippen LogP contribution is 2.26. The zero-order valence-electron chi connectivity index (χ0n) is 17.6. The van der Waals surface area contributed by atoms with Crippen molar-refractivity contribution in [3.63, 3.8) is 0 Å². The number of fused-ring (bicyclic) bond motifs is 1. The molecule has 2 N–H and O–H groups in total. The third-order valence-corrected chi connectivity index (χ3v) is 7.98. The van der Waals surface area contributed by atoms with Crippen molar-refractivity contribution in [2.24, 2.45) is 0 Å². The van der Waals surface area contributed by atoms with Crippen LogP contribution in [-0.2, 0) is 9.84 Å². The summed E-state index contributed by atoms with van der Waals surface area (Å²) in [5.41, 5.74) is 2.64. The Hall–Kier alpha value is -2.78. The third kappa shape index (κ3) is 3.95. The van der Waals surface area contributed by atoms with Crippen LogP contribution < -0.4 is 0 Å². The minimum atomic E-state index is -3.35. The number of aliphatic hydroxyl groups is 1. The molecule has 9 heteroatoms. The van der Waals surface area contributed by atoms with Crippen LogP contribution in [-0.4, -0.2) is 63.7 Å². The van der Waals surface area contributed by atoms with Crippen LogP contribution in [0.1, 0.15) is 43.5 Å². The highest BCUT2D eigenvalue weighted by molar-refractivity contribution is 7.92. The van der Waals surface area contributed by atoms with Gasteiger partial charge in [-0.1, -0.05) is 12.1 Å². The number of aromatic nitrogens is 3. The first-order valence-electron chi connectivity index (χ1n) is 10.4. The Balaban J connectivity index is 1.68. The molecule has 3 heterocycles. The third-order valence-electron chi connectivity index (χ3n) is 5.81. The lowest BCUT2D eigenvalue weighted by atomic mass is 10.0. The maximum Gasteiger partial charge on any atom is 0.258 e. The van der Waals surface area contributed by atoms with Crippen LogP contribution in [0.4, 0.5) is 0 Å². The van der Waals surface area contributed by atoms with Gasteiger partial charge in [0.2, 0.25) is 0 Å². The van der Waals surface area contributed by atoms with E-state index in [-0.39, 0.29) is 23.5 Å². The Labute approximate surface area is 181 Å². The van der Waals surface area contributed by atoms with Gasteiger partial charge < -0.3 is 15.0 Å². The number of piperidine rings is 1. The van der Waals surface area contributed by atoms with Gasteiger partial charge in [-0.05, 0) is 45.2 Å². The second-order valence-corrected chi connectivity index (χ2v) is 10.6. The van der Waals surface area contributed by atoms with Crippen LogP contribution >= 0.6 is 0 Å². The molecule has 0 aliphatic carbocycles.